The van der Waals surface area contributed by atoms with E-state index >= 15 is 0 Å². The van der Waals surface area contributed by atoms with E-state index in [4.69, 9.17) is 0 Å². The Hall–Kier alpha value is -2.37. The van der Waals surface area contributed by atoms with E-state index in [-0.39, 0.29) is 35.3 Å². The molecule has 0 nitrogen and oxygen atoms in total. The topological polar surface area (TPSA) is 0 Å². The van der Waals surface area contributed by atoms with Crippen molar-refractivity contribution in [3.05, 3.63) is 146 Å². The molecule has 0 fully saturated rings. The molecule has 0 atom stereocenters. The molecule has 0 amide bonds. The summed E-state index contributed by atoms with van der Waals surface area (Å²) < 4.78 is 39.0. The second-order valence-corrected chi connectivity index (χ2v) is 14.6. The fourth-order valence-electron chi connectivity index (χ4n) is 4.64. The van der Waals surface area contributed by atoms with Gasteiger partial charge in [-0.2, -0.15) is 0 Å². The summed E-state index contributed by atoms with van der Waals surface area (Å²) in [6, 6.07) is 44.3. The number of rotatable bonds is 9. The van der Waals surface area contributed by atoms with Crippen LogP contribution in [0.5, 0.6) is 0 Å². The zero-order valence-corrected chi connectivity index (χ0v) is 28.3. The minimum Gasteiger partial charge on any atom is -0.418 e. The molecule has 1 radical (unpaired) electrons. The molecule has 44 heavy (non-hydrogen) atoms. The minimum absolute atomic E-state index is 0. The van der Waals surface area contributed by atoms with Gasteiger partial charge < -0.3 is 17.3 Å². The van der Waals surface area contributed by atoms with Crippen LogP contribution >= 0.6 is 15.8 Å². The average Bonchev–Trinajstić information content (AvgIpc) is 3.00. The van der Waals surface area contributed by atoms with Crippen LogP contribution in [0.3, 0.4) is 0 Å². The van der Waals surface area contributed by atoms with E-state index in [1.54, 1.807) is 0 Å². The Balaban J connectivity index is 0.000000402. The van der Waals surface area contributed by atoms with Crippen LogP contribution in [0, 0.1) is 0 Å². The summed E-state index contributed by atoms with van der Waals surface area (Å²) in [7, 11) is -6.57. The van der Waals surface area contributed by atoms with E-state index in [1.165, 1.54) is 72.1 Å². The van der Waals surface area contributed by atoms with Crippen LogP contribution in [0.15, 0.2) is 146 Å². The third-order valence-electron chi connectivity index (χ3n) is 6.62. The zero-order chi connectivity index (χ0) is 30.6. The molecule has 0 aromatic heterocycles. The minimum atomic E-state index is -6.00. The van der Waals surface area contributed by atoms with E-state index < -0.39 is 7.25 Å². The van der Waals surface area contributed by atoms with E-state index in [1.807, 2.05) is 0 Å². The van der Waals surface area contributed by atoms with Gasteiger partial charge in [-0.05, 0) is 87.9 Å². The maximum atomic E-state index is 9.75. The molecule has 8 heteroatoms. The molecular weight excluding hydrogens is 684 g/mol. The molecule has 0 aliphatic heterocycles. The van der Waals surface area contributed by atoms with Gasteiger partial charge in [-0.15, -0.1) is 0 Å². The second kappa shape index (κ2) is 22.2. The molecule has 1 aliphatic rings. The number of allylic oxidation sites excluding steroid dienone is 4. The predicted molar refractivity (Wildman–Crippen MR) is 184 cm³/mol. The van der Waals surface area contributed by atoms with Crippen LogP contribution < -0.4 is 21.2 Å². The normalized spacial score (nSPS) is 14.0. The van der Waals surface area contributed by atoms with Gasteiger partial charge in [-0.25, -0.2) is 0 Å². The van der Waals surface area contributed by atoms with Crippen molar-refractivity contribution in [2.24, 2.45) is 0 Å². The molecule has 235 valence electrons. The van der Waals surface area contributed by atoms with E-state index in [0.717, 1.165) is 0 Å². The number of benzene rings is 4. The first kappa shape index (κ1) is 37.8. The average molecular weight is 724 g/mol. The van der Waals surface area contributed by atoms with Crippen LogP contribution in [0.4, 0.5) is 17.3 Å². The monoisotopic (exact) mass is 724 g/mol. The fourth-order valence-corrected chi connectivity index (χ4v) is 9.48. The van der Waals surface area contributed by atoms with Gasteiger partial charge in [0.2, 0.25) is 0 Å². The van der Waals surface area contributed by atoms with Crippen molar-refractivity contribution < 1.29 is 36.7 Å². The Morgan fingerprint density at radius 2 is 0.614 bits per heavy atom. The first-order valence-electron chi connectivity index (χ1n) is 14.8. The summed E-state index contributed by atoms with van der Waals surface area (Å²) in [5.41, 5.74) is 0. The van der Waals surface area contributed by atoms with Gasteiger partial charge in [-0.1, -0.05) is 146 Å². The number of hydrogen-bond donors (Lipinski definition) is 0. The Morgan fingerprint density at radius 1 is 0.409 bits per heavy atom. The molecule has 0 saturated heterocycles. The third kappa shape index (κ3) is 16.1. The molecular formula is C36H40BF4P2Rh-. The summed E-state index contributed by atoms with van der Waals surface area (Å²) in [5.74, 6) is 0. The molecule has 0 N–H and O–H groups in total. The smallest absolute Gasteiger partial charge is 0.418 e. The number of unbranched alkanes of at least 4 members (excludes halogenated alkanes) is 1. The SMILES string of the molecule is C1=C\CC/C=C\CC/1.F[B-](F)(F)F.[Rh].c1ccc(P(CCCCP(c2ccccc2)c2ccccc2)c2ccccc2)cc1. The van der Waals surface area contributed by atoms with Crippen molar-refractivity contribution in [1.29, 1.82) is 0 Å². The third-order valence-corrected chi connectivity index (χ3v) is 11.8. The molecule has 4 aromatic carbocycles. The molecule has 0 unspecified atom stereocenters. The second-order valence-electron chi connectivity index (χ2n) is 9.94. The standard InChI is InChI=1S/C28H28P2.C8H12.BF4.Rh/c1-5-15-25(16-6-1)29(26-17-7-2-8-18-26)23-13-14-24-30(27-19-9-3-10-20-27)28-21-11-4-12-22-28;1-2-4-6-8-7-5-3-1;2-1(3,4)5;/h1-12,15-22H,13-14,23-24H2;1-2,7-8H,3-6H2;;/q;;-1;/b;2-1-,8-7-;;. The van der Waals surface area contributed by atoms with Crippen molar-refractivity contribution >= 4 is 44.3 Å². The number of hydrogen-bond acceptors (Lipinski definition) is 0. The van der Waals surface area contributed by atoms with E-state index in [9.17, 15) is 17.3 Å². The van der Waals surface area contributed by atoms with Crippen LogP contribution in [0.2, 0.25) is 0 Å². The van der Waals surface area contributed by atoms with E-state index in [2.05, 4.69) is 146 Å². The van der Waals surface area contributed by atoms with Crippen molar-refractivity contribution in [3.8, 4) is 0 Å². The van der Waals surface area contributed by atoms with Gasteiger partial charge >= 0.3 is 7.25 Å². The van der Waals surface area contributed by atoms with Crippen molar-refractivity contribution in [2.45, 2.75) is 38.5 Å². The summed E-state index contributed by atoms with van der Waals surface area (Å²) in [6.45, 7) is 0. The molecule has 1 aliphatic carbocycles. The van der Waals surface area contributed by atoms with Gasteiger partial charge in [-0.3, -0.25) is 0 Å². The van der Waals surface area contributed by atoms with Gasteiger partial charge in [0.15, 0.2) is 0 Å². The predicted octanol–water partition coefficient (Wildman–Crippen LogP) is 10.0. The summed E-state index contributed by atoms with van der Waals surface area (Å²) in [6.07, 6.45) is 19.1. The van der Waals surface area contributed by atoms with Crippen LogP contribution in [0.1, 0.15) is 38.5 Å². The zero-order valence-electron chi connectivity index (χ0n) is 24.8. The maximum absolute atomic E-state index is 9.75. The largest absolute Gasteiger partial charge is 0.673 e. The van der Waals surface area contributed by atoms with Gasteiger partial charge in [0.1, 0.15) is 0 Å². The molecule has 4 aromatic rings. The first-order valence-corrected chi connectivity index (χ1v) is 17.9. The molecule has 0 saturated carbocycles. The molecule has 0 bridgehead atoms. The summed E-state index contributed by atoms with van der Waals surface area (Å²) >= 11 is 0. The summed E-state index contributed by atoms with van der Waals surface area (Å²) in [5, 5.41) is 5.97. The van der Waals surface area contributed by atoms with E-state index in [0.29, 0.717) is 0 Å². The fraction of sp³-hybridized carbons (Fsp3) is 0.222. The Labute approximate surface area is 276 Å². The van der Waals surface area contributed by atoms with Crippen molar-refractivity contribution in [1.82, 2.24) is 0 Å². The molecule has 0 heterocycles. The first-order chi connectivity index (χ1) is 20.9. The van der Waals surface area contributed by atoms with Gasteiger partial charge in [0.05, 0.1) is 0 Å². The molecule has 0 spiro atoms. The Bertz CT molecular complexity index is 1130. The van der Waals surface area contributed by atoms with Crippen LogP contribution in [0.25, 0.3) is 0 Å². The van der Waals surface area contributed by atoms with Crippen LogP contribution in [-0.2, 0) is 19.5 Å². The van der Waals surface area contributed by atoms with Crippen molar-refractivity contribution in [2.75, 3.05) is 12.3 Å². The maximum Gasteiger partial charge on any atom is 0.673 e. The Morgan fingerprint density at radius 3 is 0.818 bits per heavy atom. The van der Waals surface area contributed by atoms with Gasteiger partial charge in [0, 0.05) is 19.5 Å². The molecule has 5 rings (SSSR count). The Kier molecular flexibility index (Phi) is 19.1. The quantitative estimate of drug-likeness (QED) is 0.0531. The number of halogens is 4. The van der Waals surface area contributed by atoms with Crippen molar-refractivity contribution in [3.63, 3.8) is 0 Å². The van der Waals surface area contributed by atoms with Crippen LogP contribution in [-0.4, -0.2) is 19.6 Å². The van der Waals surface area contributed by atoms with Gasteiger partial charge in [0.25, 0.3) is 0 Å². The summed E-state index contributed by atoms with van der Waals surface area (Å²) in [4.78, 5) is 0.